The minimum atomic E-state index is 0.214. The summed E-state index contributed by atoms with van der Waals surface area (Å²) in [6.07, 6.45) is 5.25. The molecule has 1 aromatic heterocycles. The molecule has 2 atom stereocenters. The highest BCUT2D eigenvalue weighted by Gasteiger charge is 2.28. The summed E-state index contributed by atoms with van der Waals surface area (Å²) in [5, 5.41) is 8.62. The fourth-order valence-electron chi connectivity index (χ4n) is 4.48. The molecule has 1 aromatic carbocycles. The van der Waals surface area contributed by atoms with E-state index in [9.17, 15) is 0 Å². The summed E-state index contributed by atoms with van der Waals surface area (Å²) in [6, 6.07) is 8.40. The summed E-state index contributed by atoms with van der Waals surface area (Å²) in [6.45, 7) is 9.06. The van der Waals surface area contributed by atoms with Crippen molar-refractivity contribution in [3.8, 4) is 0 Å². The molecular formula is C23H33ClN6O. The maximum Gasteiger partial charge on any atom is 0.194 e. The van der Waals surface area contributed by atoms with Gasteiger partial charge >= 0.3 is 0 Å². The SMILES string of the molecule is CCNC(=NCC(c1ccc(Cl)cc1)N1CCOCC1)N1CCC(c2cnn(C)c2)C1. The van der Waals surface area contributed by atoms with Crippen molar-refractivity contribution in [3.05, 3.63) is 52.8 Å². The lowest BCUT2D eigenvalue weighted by atomic mass is 10.0. The van der Waals surface area contributed by atoms with E-state index in [2.05, 4.69) is 45.5 Å². The van der Waals surface area contributed by atoms with Crippen LogP contribution in [0.5, 0.6) is 0 Å². The van der Waals surface area contributed by atoms with Gasteiger partial charge in [0.05, 0.1) is 32.0 Å². The number of aryl methyl sites for hydroxylation is 1. The van der Waals surface area contributed by atoms with Gasteiger partial charge in [-0.3, -0.25) is 14.6 Å². The van der Waals surface area contributed by atoms with Crippen LogP contribution in [0.25, 0.3) is 0 Å². The highest BCUT2D eigenvalue weighted by molar-refractivity contribution is 6.30. The van der Waals surface area contributed by atoms with Crippen molar-refractivity contribution in [2.24, 2.45) is 12.0 Å². The number of halogens is 1. The molecule has 2 aromatic rings. The predicted octanol–water partition coefficient (Wildman–Crippen LogP) is 2.90. The number of nitrogens with one attached hydrogen (secondary N) is 1. The van der Waals surface area contributed by atoms with Crippen LogP contribution in [0.4, 0.5) is 0 Å². The van der Waals surface area contributed by atoms with E-state index in [1.165, 1.54) is 11.1 Å². The van der Waals surface area contributed by atoms with Crippen molar-refractivity contribution < 1.29 is 4.74 Å². The zero-order valence-electron chi connectivity index (χ0n) is 18.5. The van der Waals surface area contributed by atoms with Gasteiger partial charge in [-0.2, -0.15) is 5.10 Å². The van der Waals surface area contributed by atoms with Crippen molar-refractivity contribution in [3.63, 3.8) is 0 Å². The number of ether oxygens (including phenoxy) is 1. The van der Waals surface area contributed by atoms with Gasteiger partial charge in [-0.05, 0) is 36.6 Å². The predicted molar refractivity (Wildman–Crippen MR) is 125 cm³/mol. The molecule has 0 saturated carbocycles. The van der Waals surface area contributed by atoms with Crippen LogP contribution in [0.2, 0.25) is 5.02 Å². The Morgan fingerprint density at radius 1 is 1.26 bits per heavy atom. The first-order valence-electron chi connectivity index (χ1n) is 11.2. The maximum absolute atomic E-state index is 6.14. The van der Waals surface area contributed by atoms with Gasteiger partial charge in [-0.15, -0.1) is 0 Å². The number of hydrogen-bond donors (Lipinski definition) is 1. The molecule has 3 heterocycles. The highest BCUT2D eigenvalue weighted by Crippen LogP contribution is 2.28. The van der Waals surface area contributed by atoms with Crippen molar-refractivity contribution >= 4 is 17.6 Å². The van der Waals surface area contributed by atoms with Gasteiger partial charge < -0.3 is 15.0 Å². The van der Waals surface area contributed by atoms with Gasteiger partial charge in [-0.1, -0.05) is 23.7 Å². The van der Waals surface area contributed by atoms with Crippen LogP contribution in [-0.2, 0) is 11.8 Å². The Hall–Kier alpha value is -2.09. The lowest BCUT2D eigenvalue weighted by molar-refractivity contribution is 0.0179. The first kappa shape index (κ1) is 22.1. The zero-order valence-corrected chi connectivity index (χ0v) is 19.3. The number of aromatic nitrogens is 2. The van der Waals surface area contributed by atoms with Crippen LogP contribution in [0.15, 0.2) is 41.7 Å². The fourth-order valence-corrected chi connectivity index (χ4v) is 4.61. The molecule has 2 fully saturated rings. The Labute approximate surface area is 190 Å². The molecule has 7 nitrogen and oxygen atoms in total. The van der Waals surface area contributed by atoms with Crippen molar-refractivity contribution in [2.45, 2.75) is 25.3 Å². The summed E-state index contributed by atoms with van der Waals surface area (Å²) in [5.41, 5.74) is 2.56. The number of hydrogen-bond acceptors (Lipinski definition) is 4. The van der Waals surface area contributed by atoms with Crippen molar-refractivity contribution in [2.75, 3.05) is 52.5 Å². The van der Waals surface area contributed by atoms with Gasteiger partial charge in [0.15, 0.2) is 5.96 Å². The molecule has 1 N–H and O–H groups in total. The van der Waals surface area contributed by atoms with E-state index in [0.29, 0.717) is 12.5 Å². The number of benzene rings is 1. The number of likely N-dealkylation sites (tertiary alicyclic amines) is 1. The second-order valence-corrected chi connectivity index (χ2v) is 8.73. The van der Waals surface area contributed by atoms with E-state index in [1.807, 2.05) is 30.1 Å². The van der Waals surface area contributed by atoms with Gasteiger partial charge in [0, 0.05) is 56.9 Å². The number of rotatable bonds is 6. The molecular weight excluding hydrogens is 412 g/mol. The van der Waals surface area contributed by atoms with Crippen molar-refractivity contribution in [1.29, 1.82) is 0 Å². The second-order valence-electron chi connectivity index (χ2n) is 8.29. The minimum Gasteiger partial charge on any atom is -0.379 e. The van der Waals surface area contributed by atoms with Crippen LogP contribution in [0.3, 0.4) is 0 Å². The highest BCUT2D eigenvalue weighted by atomic mass is 35.5. The van der Waals surface area contributed by atoms with E-state index in [0.717, 1.165) is 63.3 Å². The van der Waals surface area contributed by atoms with Crippen LogP contribution >= 0.6 is 11.6 Å². The summed E-state index contributed by atoms with van der Waals surface area (Å²) in [7, 11) is 1.98. The van der Waals surface area contributed by atoms with Gasteiger partial charge in [0.1, 0.15) is 0 Å². The average Bonchev–Trinajstić information content (AvgIpc) is 3.44. The maximum atomic E-state index is 6.14. The van der Waals surface area contributed by atoms with Crippen LogP contribution < -0.4 is 5.32 Å². The molecule has 0 radical (unpaired) electrons. The average molecular weight is 445 g/mol. The van der Waals surface area contributed by atoms with E-state index >= 15 is 0 Å². The first-order valence-corrected chi connectivity index (χ1v) is 11.6. The van der Waals surface area contributed by atoms with Crippen LogP contribution in [0.1, 0.15) is 36.4 Å². The summed E-state index contributed by atoms with van der Waals surface area (Å²) in [5.74, 6) is 1.50. The molecule has 0 bridgehead atoms. The topological polar surface area (TPSA) is 57.9 Å². The molecule has 0 aliphatic carbocycles. The molecule has 2 unspecified atom stereocenters. The van der Waals surface area contributed by atoms with Gasteiger partial charge in [0.2, 0.25) is 0 Å². The molecule has 168 valence electrons. The third-order valence-corrected chi connectivity index (χ3v) is 6.43. The third-order valence-electron chi connectivity index (χ3n) is 6.17. The molecule has 8 heteroatoms. The quantitative estimate of drug-likeness (QED) is 0.548. The lowest BCUT2D eigenvalue weighted by Gasteiger charge is -2.34. The molecule has 0 spiro atoms. The molecule has 2 aliphatic heterocycles. The monoisotopic (exact) mass is 444 g/mol. The second kappa shape index (κ2) is 10.5. The Bertz CT molecular complexity index is 861. The Kier molecular flexibility index (Phi) is 7.48. The van der Waals surface area contributed by atoms with Crippen molar-refractivity contribution in [1.82, 2.24) is 24.9 Å². The molecule has 2 saturated heterocycles. The standard InChI is InChI=1S/C23H33ClN6O/c1-3-25-23(30-9-8-19(17-30)20-14-27-28(2)16-20)26-15-22(29-10-12-31-13-11-29)18-4-6-21(24)7-5-18/h4-7,14,16,19,22H,3,8-13,15,17H2,1-2H3,(H,25,26). The number of morpholine rings is 1. The Morgan fingerprint density at radius 2 is 2.03 bits per heavy atom. The normalized spacial score (nSPS) is 21.5. The largest absolute Gasteiger partial charge is 0.379 e. The van der Waals surface area contributed by atoms with E-state index < -0.39 is 0 Å². The third kappa shape index (κ3) is 5.59. The summed E-state index contributed by atoms with van der Waals surface area (Å²) < 4.78 is 7.47. The van der Waals surface area contributed by atoms with Crippen LogP contribution in [-0.4, -0.2) is 78.0 Å². The Balaban J connectivity index is 1.50. The van der Waals surface area contributed by atoms with E-state index in [4.69, 9.17) is 21.3 Å². The van der Waals surface area contributed by atoms with Gasteiger partial charge in [0.25, 0.3) is 0 Å². The smallest absolute Gasteiger partial charge is 0.194 e. The molecule has 0 amide bonds. The number of guanidine groups is 1. The summed E-state index contributed by atoms with van der Waals surface area (Å²) in [4.78, 5) is 9.96. The molecule has 2 aliphatic rings. The minimum absolute atomic E-state index is 0.214. The van der Waals surface area contributed by atoms with Gasteiger partial charge in [-0.25, -0.2) is 0 Å². The number of aliphatic imine (C=N–C) groups is 1. The van der Waals surface area contributed by atoms with Crippen LogP contribution in [0, 0.1) is 0 Å². The Morgan fingerprint density at radius 3 is 2.71 bits per heavy atom. The lowest BCUT2D eigenvalue weighted by Crippen LogP contribution is -2.42. The molecule has 31 heavy (non-hydrogen) atoms. The molecule has 4 rings (SSSR count). The zero-order chi connectivity index (χ0) is 21.6. The number of nitrogens with zero attached hydrogens (tertiary/aromatic N) is 5. The first-order chi connectivity index (χ1) is 15.1. The summed E-state index contributed by atoms with van der Waals surface area (Å²) >= 11 is 6.14. The van der Waals surface area contributed by atoms with E-state index in [-0.39, 0.29) is 6.04 Å². The fraction of sp³-hybridized carbons (Fsp3) is 0.565. The van der Waals surface area contributed by atoms with E-state index in [1.54, 1.807) is 0 Å².